The predicted molar refractivity (Wildman–Crippen MR) is 119 cm³/mol. The summed E-state index contributed by atoms with van der Waals surface area (Å²) in [4.78, 5) is 27.9. The number of benzene rings is 2. The summed E-state index contributed by atoms with van der Waals surface area (Å²) in [6.45, 7) is 6.31. The lowest BCUT2D eigenvalue weighted by molar-refractivity contribution is -0.145. The number of aryl methyl sites for hydroxylation is 1. The maximum Gasteiger partial charge on any atom is 0.230 e. The first-order valence-corrected chi connectivity index (χ1v) is 10.7. The fraction of sp³-hybridized carbons (Fsp3) is 0.440. The normalized spacial score (nSPS) is 19.4. The summed E-state index contributed by atoms with van der Waals surface area (Å²) in [5.41, 5.74) is 2.30. The Hall–Kier alpha value is -2.66. The first-order chi connectivity index (χ1) is 14.3. The number of rotatable bonds is 6. The number of hydrogen-bond donors (Lipinski definition) is 2. The van der Waals surface area contributed by atoms with Crippen molar-refractivity contribution in [1.82, 2.24) is 4.90 Å². The number of aliphatic hydroxyl groups is 1. The van der Waals surface area contributed by atoms with Crippen LogP contribution in [0.25, 0.3) is 0 Å². The Morgan fingerprint density at radius 3 is 2.33 bits per heavy atom. The average molecular weight is 409 g/mol. The van der Waals surface area contributed by atoms with Crippen LogP contribution in [0.5, 0.6) is 0 Å². The molecule has 0 radical (unpaired) electrons. The van der Waals surface area contributed by atoms with Gasteiger partial charge >= 0.3 is 0 Å². The molecule has 2 unspecified atom stereocenters. The third-order valence-corrected chi connectivity index (χ3v) is 5.98. The molecule has 0 saturated carbocycles. The van der Waals surface area contributed by atoms with Gasteiger partial charge in [0.05, 0.1) is 17.9 Å². The molecule has 0 aromatic heterocycles. The molecule has 30 heavy (non-hydrogen) atoms. The summed E-state index contributed by atoms with van der Waals surface area (Å²) in [5.74, 6) is -0.420. The van der Waals surface area contributed by atoms with Crippen molar-refractivity contribution in [2.75, 3.05) is 25.0 Å². The third kappa shape index (κ3) is 5.08. The van der Waals surface area contributed by atoms with Crippen molar-refractivity contribution >= 4 is 17.5 Å². The number of amides is 2. The number of likely N-dealkylation sites (tertiary alicyclic amines) is 1. The molecule has 1 aliphatic heterocycles. The van der Waals surface area contributed by atoms with E-state index in [1.54, 1.807) is 18.7 Å². The van der Waals surface area contributed by atoms with Gasteiger partial charge in [0, 0.05) is 24.7 Å². The number of carbonyl (C=O) groups excluding carboxylic acids is 2. The van der Waals surface area contributed by atoms with Crippen LogP contribution in [0.15, 0.2) is 54.6 Å². The minimum absolute atomic E-state index is 0.0734. The van der Waals surface area contributed by atoms with Crippen LogP contribution < -0.4 is 5.32 Å². The molecule has 2 aromatic rings. The summed E-state index contributed by atoms with van der Waals surface area (Å²) in [5, 5.41) is 12.7. The molecule has 2 aromatic carbocycles. The second-order valence-corrected chi connectivity index (χ2v) is 8.83. The molecule has 1 aliphatic rings. The van der Waals surface area contributed by atoms with E-state index in [2.05, 4.69) is 36.5 Å². The van der Waals surface area contributed by atoms with Gasteiger partial charge < -0.3 is 15.3 Å². The molecule has 1 fully saturated rings. The second kappa shape index (κ2) is 9.43. The maximum absolute atomic E-state index is 13.1. The van der Waals surface area contributed by atoms with Crippen molar-refractivity contribution in [3.05, 3.63) is 65.7 Å². The molecule has 0 aliphatic carbocycles. The van der Waals surface area contributed by atoms with Gasteiger partial charge in [-0.05, 0) is 49.9 Å². The van der Waals surface area contributed by atoms with Crippen molar-refractivity contribution in [3.8, 4) is 0 Å². The highest BCUT2D eigenvalue weighted by Gasteiger charge is 2.39. The first kappa shape index (κ1) is 22.0. The van der Waals surface area contributed by atoms with Gasteiger partial charge in [0.1, 0.15) is 0 Å². The fourth-order valence-corrected chi connectivity index (χ4v) is 3.98. The van der Waals surface area contributed by atoms with Crippen molar-refractivity contribution in [3.63, 3.8) is 0 Å². The average Bonchev–Trinajstić information content (AvgIpc) is 2.79. The van der Waals surface area contributed by atoms with E-state index >= 15 is 0 Å². The van der Waals surface area contributed by atoms with Gasteiger partial charge in [-0.25, -0.2) is 0 Å². The molecule has 1 heterocycles. The van der Waals surface area contributed by atoms with Crippen LogP contribution in [-0.2, 0) is 16.0 Å². The van der Waals surface area contributed by atoms with Gasteiger partial charge in [-0.1, -0.05) is 49.4 Å². The Bertz CT molecular complexity index is 862. The molecule has 2 atom stereocenters. The highest BCUT2D eigenvalue weighted by molar-refractivity contribution is 5.93. The van der Waals surface area contributed by atoms with E-state index < -0.39 is 5.41 Å². The summed E-state index contributed by atoms with van der Waals surface area (Å²) < 4.78 is 0. The van der Waals surface area contributed by atoms with Crippen LogP contribution in [0.1, 0.15) is 44.2 Å². The molecule has 2 amide bonds. The standard InChI is InChI=1S/C25H32N2O3/c1-4-18-10-12-19(13-11-18)20-14-21(23(29)26-22-8-6-5-7-9-22)16-27(15-20)24(30)25(2,3)17-28/h5-13,20-21,28H,4,14-17H2,1-3H3,(H,26,29). The highest BCUT2D eigenvalue weighted by Crippen LogP contribution is 2.33. The van der Waals surface area contributed by atoms with Crippen LogP contribution in [0, 0.1) is 11.3 Å². The Morgan fingerprint density at radius 1 is 1.07 bits per heavy atom. The monoisotopic (exact) mass is 408 g/mol. The van der Waals surface area contributed by atoms with Crippen molar-refractivity contribution < 1.29 is 14.7 Å². The van der Waals surface area contributed by atoms with Crippen molar-refractivity contribution in [2.24, 2.45) is 11.3 Å². The number of carbonyl (C=O) groups is 2. The SMILES string of the molecule is CCc1ccc(C2CC(C(=O)Nc3ccccc3)CN(C(=O)C(C)(C)CO)C2)cc1. The van der Waals surface area contributed by atoms with Gasteiger partial charge in [0.25, 0.3) is 0 Å². The Labute approximate surface area is 179 Å². The van der Waals surface area contributed by atoms with Crippen molar-refractivity contribution in [1.29, 1.82) is 0 Å². The highest BCUT2D eigenvalue weighted by atomic mass is 16.3. The summed E-state index contributed by atoms with van der Waals surface area (Å²) in [6, 6.07) is 17.9. The van der Waals surface area contributed by atoms with E-state index in [-0.39, 0.29) is 30.3 Å². The summed E-state index contributed by atoms with van der Waals surface area (Å²) in [7, 11) is 0. The van der Waals surface area contributed by atoms with E-state index in [9.17, 15) is 14.7 Å². The van der Waals surface area contributed by atoms with Crippen LogP contribution in [-0.4, -0.2) is 41.5 Å². The number of para-hydroxylation sites is 1. The molecule has 5 nitrogen and oxygen atoms in total. The summed E-state index contributed by atoms with van der Waals surface area (Å²) >= 11 is 0. The van der Waals surface area contributed by atoms with Crippen LogP contribution >= 0.6 is 0 Å². The molecular formula is C25H32N2O3. The van der Waals surface area contributed by atoms with Gasteiger partial charge in [0.15, 0.2) is 0 Å². The number of piperidine rings is 1. The maximum atomic E-state index is 13.1. The van der Waals surface area contributed by atoms with Crippen LogP contribution in [0.4, 0.5) is 5.69 Å². The molecule has 2 N–H and O–H groups in total. The van der Waals surface area contributed by atoms with Crippen LogP contribution in [0.3, 0.4) is 0 Å². The molecule has 0 spiro atoms. The molecule has 3 rings (SSSR count). The molecular weight excluding hydrogens is 376 g/mol. The van der Waals surface area contributed by atoms with Gasteiger partial charge in [0.2, 0.25) is 11.8 Å². The largest absolute Gasteiger partial charge is 0.395 e. The summed E-state index contributed by atoms with van der Waals surface area (Å²) in [6.07, 6.45) is 1.66. The quantitative estimate of drug-likeness (QED) is 0.763. The Balaban J connectivity index is 1.84. The van der Waals surface area contributed by atoms with E-state index in [0.717, 1.165) is 17.7 Å². The first-order valence-electron chi connectivity index (χ1n) is 10.7. The molecule has 0 bridgehead atoms. The van der Waals surface area contributed by atoms with E-state index in [4.69, 9.17) is 0 Å². The van der Waals surface area contributed by atoms with Gasteiger partial charge in [-0.15, -0.1) is 0 Å². The van der Waals surface area contributed by atoms with E-state index in [1.165, 1.54) is 5.56 Å². The third-order valence-electron chi connectivity index (χ3n) is 5.98. The van der Waals surface area contributed by atoms with E-state index in [0.29, 0.717) is 19.5 Å². The number of hydrogen-bond acceptors (Lipinski definition) is 3. The lowest BCUT2D eigenvalue weighted by Gasteiger charge is -2.40. The number of anilines is 1. The number of aliphatic hydroxyl groups excluding tert-OH is 1. The predicted octanol–water partition coefficient (Wildman–Crippen LogP) is 3.84. The lowest BCUT2D eigenvalue weighted by Crippen LogP contribution is -2.51. The zero-order chi connectivity index (χ0) is 21.7. The Kier molecular flexibility index (Phi) is 6.93. The number of nitrogens with zero attached hydrogens (tertiary/aromatic N) is 1. The van der Waals surface area contributed by atoms with Gasteiger partial charge in [-0.2, -0.15) is 0 Å². The number of nitrogens with one attached hydrogen (secondary N) is 1. The zero-order valence-electron chi connectivity index (χ0n) is 18.1. The second-order valence-electron chi connectivity index (χ2n) is 8.83. The minimum atomic E-state index is -0.867. The van der Waals surface area contributed by atoms with Crippen molar-refractivity contribution in [2.45, 2.75) is 39.5 Å². The van der Waals surface area contributed by atoms with Gasteiger partial charge in [-0.3, -0.25) is 9.59 Å². The fourth-order valence-electron chi connectivity index (χ4n) is 3.98. The Morgan fingerprint density at radius 2 is 1.73 bits per heavy atom. The minimum Gasteiger partial charge on any atom is -0.395 e. The molecule has 5 heteroatoms. The van der Waals surface area contributed by atoms with Crippen LogP contribution in [0.2, 0.25) is 0 Å². The van der Waals surface area contributed by atoms with E-state index in [1.807, 2.05) is 30.3 Å². The topological polar surface area (TPSA) is 69.6 Å². The molecule has 1 saturated heterocycles. The molecule has 160 valence electrons. The zero-order valence-corrected chi connectivity index (χ0v) is 18.1. The lowest BCUT2D eigenvalue weighted by atomic mass is 9.82. The smallest absolute Gasteiger partial charge is 0.230 e.